The molecular weight excluding hydrogens is 374 g/mol. The van der Waals surface area contributed by atoms with E-state index in [9.17, 15) is 13.2 Å². The van der Waals surface area contributed by atoms with Gasteiger partial charge in [-0.1, -0.05) is 55.1 Å². The van der Waals surface area contributed by atoms with Crippen LogP contribution in [0.2, 0.25) is 0 Å². The van der Waals surface area contributed by atoms with Crippen LogP contribution in [0.5, 0.6) is 0 Å². The summed E-state index contributed by atoms with van der Waals surface area (Å²) in [6.07, 6.45) is 3.17. The summed E-state index contributed by atoms with van der Waals surface area (Å²) in [4.78, 5) is 12.7. The highest BCUT2D eigenvalue weighted by molar-refractivity contribution is 7.90. The van der Waals surface area contributed by atoms with Gasteiger partial charge in [-0.3, -0.25) is 0 Å². The largest absolute Gasteiger partial charge is 0.465 e. The third-order valence-electron chi connectivity index (χ3n) is 4.29. The first-order valence-electron chi connectivity index (χ1n) is 9.11. The summed E-state index contributed by atoms with van der Waals surface area (Å²) >= 11 is 0. The molecule has 6 heteroatoms. The lowest BCUT2D eigenvalue weighted by Crippen LogP contribution is -2.49. The van der Waals surface area contributed by atoms with Gasteiger partial charge in [-0.2, -0.15) is 4.72 Å². The quantitative estimate of drug-likeness (QED) is 0.561. The number of hydrogen-bond donors (Lipinski definition) is 1. The number of carbonyl (C=O) groups is 1. The molecule has 1 N–H and O–H groups in total. The molecule has 150 valence electrons. The molecule has 0 spiro atoms. The standard InChI is InChI=1S/C22H27NO4S/c1-6-10-19(18-14-13-16-11-8-9-12-17(16)15-18)20(21(24)27-7-2)23-28(25,26)22(3,4)5/h6,8-15,20,23H,1,7H2,2-5H3/b19-10+/t20-/m0/s1. The highest BCUT2D eigenvalue weighted by Gasteiger charge is 2.36. The first kappa shape index (κ1) is 21.9. The molecule has 2 aromatic carbocycles. The van der Waals surface area contributed by atoms with E-state index in [2.05, 4.69) is 11.3 Å². The number of allylic oxidation sites excluding steroid dienone is 2. The maximum absolute atomic E-state index is 12.8. The first-order chi connectivity index (χ1) is 13.1. The fourth-order valence-corrected chi connectivity index (χ4v) is 3.54. The van der Waals surface area contributed by atoms with Crippen molar-refractivity contribution in [1.82, 2.24) is 4.72 Å². The molecule has 0 radical (unpaired) electrons. The molecule has 1 atom stereocenters. The van der Waals surface area contributed by atoms with Crippen molar-refractivity contribution >= 4 is 32.3 Å². The molecule has 0 unspecified atom stereocenters. The van der Waals surface area contributed by atoms with Gasteiger partial charge in [0.1, 0.15) is 6.04 Å². The fourth-order valence-electron chi connectivity index (χ4n) is 2.65. The zero-order valence-electron chi connectivity index (χ0n) is 16.7. The number of ether oxygens (including phenoxy) is 1. The highest BCUT2D eigenvalue weighted by Crippen LogP contribution is 2.26. The van der Waals surface area contributed by atoms with Gasteiger partial charge in [-0.05, 0) is 55.7 Å². The predicted octanol–water partition coefficient (Wildman–Crippen LogP) is 4.06. The molecule has 0 amide bonds. The Morgan fingerprint density at radius 3 is 2.39 bits per heavy atom. The fraction of sp³-hybridized carbons (Fsp3) is 0.318. The summed E-state index contributed by atoms with van der Waals surface area (Å²) in [5.41, 5.74) is 1.19. The van der Waals surface area contributed by atoms with Gasteiger partial charge in [0.15, 0.2) is 0 Å². The summed E-state index contributed by atoms with van der Waals surface area (Å²) in [6.45, 7) is 10.3. The Morgan fingerprint density at radius 1 is 1.18 bits per heavy atom. The van der Waals surface area contributed by atoms with Crippen molar-refractivity contribution in [2.24, 2.45) is 0 Å². The third-order valence-corrected chi connectivity index (χ3v) is 6.45. The molecule has 0 aromatic heterocycles. The van der Waals surface area contributed by atoms with Crippen molar-refractivity contribution in [2.45, 2.75) is 38.5 Å². The number of rotatable bonds is 7. The van der Waals surface area contributed by atoms with Gasteiger partial charge >= 0.3 is 5.97 Å². The molecule has 2 rings (SSSR count). The normalized spacial score (nSPS) is 13.9. The van der Waals surface area contributed by atoms with Crippen LogP contribution in [-0.2, 0) is 19.6 Å². The minimum absolute atomic E-state index is 0.145. The molecule has 0 bridgehead atoms. The minimum Gasteiger partial charge on any atom is -0.465 e. The molecule has 0 aliphatic heterocycles. The van der Waals surface area contributed by atoms with Gasteiger partial charge in [0.05, 0.1) is 11.4 Å². The van der Waals surface area contributed by atoms with Gasteiger partial charge < -0.3 is 4.74 Å². The zero-order valence-corrected chi connectivity index (χ0v) is 17.5. The molecule has 0 fully saturated rings. The number of hydrogen-bond acceptors (Lipinski definition) is 4. The van der Waals surface area contributed by atoms with E-state index in [1.165, 1.54) is 6.08 Å². The summed E-state index contributed by atoms with van der Waals surface area (Å²) in [7, 11) is -3.80. The topological polar surface area (TPSA) is 72.5 Å². The number of carbonyl (C=O) groups excluding carboxylic acids is 1. The summed E-state index contributed by atoms with van der Waals surface area (Å²) in [5.74, 6) is -0.656. The predicted molar refractivity (Wildman–Crippen MR) is 114 cm³/mol. The SMILES string of the molecule is C=C/C=C(\c1ccc2ccccc2c1)[C@H](NS(=O)(=O)C(C)(C)C)C(=O)OCC. The lowest BCUT2D eigenvalue weighted by molar-refractivity contribution is -0.143. The van der Waals surface area contributed by atoms with Gasteiger partial charge in [-0.15, -0.1) is 0 Å². The maximum atomic E-state index is 12.8. The molecular formula is C22H27NO4S. The van der Waals surface area contributed by atoms with Crippen molar-refractivity contribution in [2.75, 3.05) is 6.61 Å². The van der Waals surface area contributed by atoms with Crippen molar-refractivity contribution < 1.29 is 17.9 Å². The Balaban J connectivity index is 2.59. The Hall–Kier alpha value is -2.44. The zero-order chi connectivity index (χ0) is 20.9. The second-order valence-corrected chi connectivity index (χ2v) is 9.81. The molecule has 0 saturated carbocycles. The van der Waals surface area contributed by atoms with Crippen molar-refractivity contribution in [3.63, 3.8) is 0 Å². The van der Waals surface area contributed by atoms with E-state index >= 15 is 0 Å². The van der Waals surface area contributed by atoms with Crippen LogP contribution in [0, 0.1) is 0 Å². The second-order valence-electron chi connectivity index (χ2n) is 7.34. The number of nitrogens with one attached hydrogen (secondary N) is 1. The van der Waals surface area contributed by atoms with E-state index in [1.54, 1.807) is 33.8 Å². The Morgan fingerprint density at radius 2 is 1.82 bits per heavy atom. The summed E-state index contributed by atoms with van der Waals surface area (Å²) in [6, 6.07) is 12.3. The van der Waals surface area contributed by atoms with Gasteiger partial charge in [0.2, 0.25) is 10.0 Å². The van der Waals surface area contributed by atoms with Crippen LogP contribution in [0.4, 0.5) is 0 Å². The average molecular weight is 402 g/mol. The van der Waals surface area contributed by atoms with E-state index in [0.29, 0.717) is 11.1 Å². The molecule has 0 heterocycles. The molecule has 2 aromatic rings. The monoisotopic (exact) mass is 401 g/mol. The molecule has 0 aliphatic rings. The van der Waals surface area contributed by atoms with Gasteiger partial charge in [0, 0.05) is 0 Å². The number of benzene rings is 2. The van der Waals surface area contributed by atoms with Crippen LogP contribution in [0.3, 0.4) is 0 Å². The van der Waals surface area contributed by atoms with Crippen molar-refractivity contribution in [3.8, 4) is 0 Å². The maximum Gasteiger partial charge on any atom is 0.328 e. The van der Waals surface area contributed by atoms with Crippen LogP contribution < -0.4 is 4.72 Å². The molecule has 5 nitrogen and oxygen atoms in total. The number of esters is 1. The lowest BCUT2D eigenvalue weighted by atomic mass is 9.96. The molecule has 28 heavy (non-hydrogen) atoms. The Labute approximate surface area is 167 Å². The lowest BCUT2D eigenvalue weighted by Gasteiger charge is -2.26. The molecule has 0 saturated heterocycles. The summed E-state index contributed by atoms with van der Waals surface area (Å²) < 4.78 is 32.1. The van der Waals surface area contributed by atoms with Crippen molar-refractivity contribution in [3.05, 3.63) is 66.8 Å². The number of sulfonamides is 1. The number of fused-ring (bicyclic) bond motifs is 1. The van der Waals surface area contributed by atoms with Crippen LogP contribution in [0.1, 0.15) is 33.3 Å². The van der Waals surface area contributed by atoms with Gasteiger partial charge in [0.25, 0.3) is 0 Å². The minimum atomic E-state index is -3.80. The smallest absolute Gasteiger partial charge is 0.328 e. The molecule has 0 aliphatic carbocycles. The van der Waals surface area contributed by atoms with Crippen LogP contribution >= 0.6 is 0 Å². The average Bonchev–Trinajstić information content (AvgIpc) is 2.63. The Bertz CT molecular complexity index is 1000. The van der Waals surface area contributed by atoms with E-state index in [-0.39, 0.29) is 6.61 Å². The second kappa shape index (κ2) is 8.71. The summed E-state index contributed by atoms with van der Waals surface area (Å²) in [5, 5.41) is 2.03. The van der Waals surface area contributed by atoms with Crippen LogP contribution in [-0.4, -0.2) is 31.8 Å². The van der Waals surface area contributed by atoms with E-state index < -0.39 is 26.8 Å². The highest BCUT2D eigenvalue weighted by atomic mass is 32.2. The van der Waals surface area contributed by atoms with Crippen LogP contribution in [0.25, 0.3) is 16.3 Å². The van der Waals surface area contributed by atoms with E-state index in [0.717, 1.165) is 10.8 Å². The van der Waals surface area contributed by atoms with Crippen LogP contribution in [0.15, 0.2) is 61.2 Å². The first-order valence-corrected chi connectivity index (χ1v) is 10.6. The Kier molecular flexibility index (Phi) is 6.80. The van der Waals surface area contributed by atoms with E-state index in [4.69, 9.17) is 4.74 Å². The van der Waals surface area contributed by atoms with Gasteiger partial charge in [-0.25, -0.2) is 13.2 Å². The third kappa shape index (κ3) is 4.88. The van der Waals surface area contributed by atoms with Crippen molar-refractivity contribution in [1.29, 1.82) is 0 Å². The van der Waals surface area contributed by atoms with E-state index in [1.807, 2.05) is 42.5 Å².